The number of benzene rings is 2. The van der Waals surface area contributed by atoms with E-state index >= 15 is 0 Å². The molecule has 0 spiro atoms. The number of hydrogen-bond donors (Lipinski definition) is 1. The molecule has 20 heavy (non-hydrogen) atoms. The van der Waals surface area contributed by atoms with Gasteiger partial charge in [-0.3, -0.25) is 0 Å². The molecule has 1 aliphatic heterocycles. The van der Waals surface area contributed by atoms with Crippen LogP contribution in [0.3, 0.4) is 0 Å². The molecule has 2 aromatic rings. The molecule has 0 aromatic heterocycles. The summed E-state index contributed by atoms with van der Waals surface area (Å²) in [6, 6.07) is 19.2. The van der Waals surface area contributed by atoms with Crippen LogP contribution in [0.15, 0.2) is 54.6 Å². The highest BCUT2D eigenvalue weighted by Crippen LogP contribution is 2.29. The van der Waals surface area contributed by atoms with Gasteiger partial charge in [-0.25, -0.2) is 0 Å². The van der Waals surface area contributed by atoms with Gasteiger partial charge >= 0.3 is 0 Å². The van der Waals surface area contributed by atoms with Crippen molar-refractivity contribution in [3.05, 3.63) is 54.6 Å². The molecule has 0 radical (unpaired) electrons. The summed E-state index contributed by atoms with van der Waals surface area (Å²) >= 11 is 0. The third-order valence-corrected chi connectivity index (χ3v) is 3.82. The number of nitrogens with one attached hydrogen (secondary N) is 1. The molecule has 3 rings (SSSR count). The molecular weight excluding hydrogens is 246 g/mol. The Bertz CT molecular complexity index is 532. The van der Waals surface area contributed by atoms with E-state index in [4.69, 9.17) is 4.74 Å². The van der Waals surface area contributed by atoms with E-state index in [-0.39, 0.29) is 0 Å². The molecule has 1 fully saturated rings. The van der Waals surface area contributed by atoms with Crippen molar-refractivity contribution >= 4 is 0 Å². The topological polar surface area (TPSA) is 21.3 Å². The Morgan fingerprint density at radius 3 is 2.55 bits per heavy atom. The van der Waals surface area contributed by atoms with Crippen molar-refractivity contribution in [2.45, 2.75) is 25.3 Å². The van der Waals surface area contributed by atoms with Crippen LogP contribution in [-0.2, 0) is 0 Å². The van der Waals surface area contributed by atoms with E-state index in [1.54, 1.807) is 0 Å². The van der Waals surface area contributed by atoms with Crippen molar-refractivity contribution in [3.63, 3.8) is 0 Å². The van der Waals surface area contributed by atoms with Crippen molar-refractivity contribution < 1.29 is 4.74 Å². The van der Waals surface area contributed by atoms with Crippen molar-refractivity contribution in [3.8, 4) is 16.9 Å². The quantitative estimate of drug-likeness (QED) is 0.908. The predicted molar refractivity (Wildman–Crippen MR) is 83.0 cm³/mol. The molecule has 1 aliphatic rings. The smallest absolute Gasteiger partial charge is 0.127 e. The van der Waals surface area contributed by atoms with Gasteiger partial charge in [0.05, 0.1) is 0 Å². The molecular formula is C18H21NO. The van der Waals surface area contributed by atoms with Crippen LogP contribution in [0.1, 0.15) is 19.3 Å². The fourth-order valence-corrected chi connectivity index (χ4v) is 2.71. The molecule has 1 heterocycles. The Labute approximate surface area is 120 Å². The molecule has 1 saturated heterocycles. The maximum absolute atomic E-state index is 6.07. The summed E-state index contributed by atoms with van der Waals surface area (Å²) in [6.07, 6.45) is 3.81. The zero-order valence-electron chi connectivity index (χ0n) is 11.7. The lowest BCUT2D eigenvalue weighted by atomic mass is 10.0. The van der Waals surface area contributed by atoms with Crippen LogP contribution in [-0.4, -0.2) is 19.2 Å². The largest absolute Gasteiger partial charge is 0.491 e. The van der Waals surface area contributed by atoms with Gasteiger partial charge in [0, 0.05) is 11.6 Å². The Morgan fingerprint density at radius 2 is 1.75 bits per heavy atom. The SMILES string of the molecule is c1ccc(-c2ccccc2OCC2CCCCN2)cc1. The molecule has 1 unspecified atom stereocenters. The second-order valence-corrected chi connectivity index (χ2v) is 5.32. The van der Waals surface area contributed by atoms with E-state index < -0.39 is 0 Å². The Balaban J connectivity index is 1.73. The molecule has 2 nitrogen and oxygen atoms in total. The fraction of sp³-hybridized carbons (Fsp3) is 0.333. The van der Waals surface area contributed by atoms with Gasteiger partial charge in [-0.15, -0.1) is 0 Å². The monoisotopic (exact) mass is 267 g/mol. The summed E-state index contributed by atoms with van der Waals surface area (Å²) in [5, 5.41) is 3.52. The second kappa shape index (κ2) is 6.58. The fourth-order valence-electron chi connectivity index (χ4n) is 2.71. The molecule has 0 bridgehead atoms. The van der Waals surface area contributed by atoms with Gasteiger partial charge in [-0.05, 0) is 31.0 Å². The van der Waals surface area contributed by atoms with E-state index in [0.29, 0.717) is 6.04 Å². The van der Waals surface area contributed by atoms with E-state index in [0.717, 1.165) is 18.9 Å². The van der Waals surface area contributed by atoms with E-state index in [2.05, 4.69) is 47.8 Å². The van der Waals surface area contributed by atoms with Gasteiger partial charge in [0.2, 0.25) is 0 Å². The highest BCUT2D eigenvalue weighted by atomic mass is 16.5. The average molecular weight is 267 g/mol. The first-order valence-electron chi connectivity index (χ1n) is 7.44. The van der Waals surface area contributed by atoms with Gasteiger partial charge in [-0.2, -0.15) is 0 Å². The molecule has 0 aliphatic carbocycles. The number of rotatable bonds is 4. The minimum absolute atomic E-state index is 0.493. The highest BCUT2D eigenvalue weighted by Gasteiger charge is 2.14. The molecule has 1 atom stereocenters. The minimum atomic E-state index is 0.493. The van der Waals surface area contributed by atoms with Crippen LogP contribution in [0.4, 0.5) is 0 Å². The van der Waals surface area contributed by atoms with Crippen LogP contribution in [0.2, 0.25) is 0 Å². The van der Waals surface area contributed by atoms with Crippen molar-refractivity contribution in [1.29, 1.82) is 0 Å². The number of para-hydroxylation sites is 1. The molecule has 0 saturated carbocycles. The first kappa shape index (κ1) is 13.2. The summed E-state index contributed by atoms with van der Waals surface area (Å²) in [4.78, 5) is 0. The lowest BCUT2D eigenvalue weighted by molar-refractivity contribution is 0.240. The Hall–Kier alpha value is -1.80. The third kappa shape index (κ3) is 3.20. The minimum Gasteiger partial charge on any atom is -0.491 e. The molecule has 104 valence electrons. The van der Waals surface area contributed by atoms with Crippen molar-refractivity contribution in [2.24, 2.45) is 0 Å². The van der Waals surface area contributed by atoms with E-state index in [1.165, 1.54) is 30.4 Å². The predicted octanol–water partition coefficient (Wildman–Crippen LogP) is 3.87. The zero-order chi connectivity index (χ0) is 13.6. The van der Waals surface area contributed by atoms with Crippen LogP contribution >= 0.6 is 0 Å². The standard InChI is InChI=1S/C18H21NO/c1-2-8-15(9-3-1)17-11-4-5-12-18(17)20-14-16-10-6-7-13-19-16/h1-5,8-9,11-12,16,19H,6-7,10,13-14H2. The lowest BCUT2D eigenvalue weighted by Gasteiger charge is -2.24. The van der Waals surface area contributed by atoms with Gasteiger partial charge in [-0.1, -0.05) is 55.0 Å². The van der Waals surface area contributed by atoms with Crippen LogP contribution in [0, 0.1) is 0 Å². The molecule has 1 N–H and O–H groups in total. The molecule has 2 heteroatoms. The van der Waals surface area contributed by atoms with Crippen LogP contribution in [0.5, 0.6) is 5.75 Å². The van der Waals surface area contributed by atoms with E-state index in [1.807, 2.05) is 12.1 Å². The second-order valence-electron chi connectivity index (χ2n) is 5.32. The molecule has 0 amide bonds. The maximum atomic E-state index is 6.07. The summed E-state index contributed by atoms with van der Waals surface area (Å²) < 4.78 is 6.07. The van der Waals surface area contributed by atoms with Crippen LogP contribution < -0.4 is 10.1 Å². The highest BCUT2D eigenvalue weighted by molar-refractivity contribution is 5.70. The van der Waals surface area contributed by atoms with Crippen molar-refractivity contribution in [2.75, 3.05) is 13.2 Å². The van der Waals surface area contributed by atoms with Gasteiger partial charge in [0.1, 0.15) is 12.4 Å². The number of hydrogen-bond acceptors (Lipinski definition) is 2. The maximum Gasteiger partial charge on any atom is 0.127 e. The third-order valence-electron chi connectivity index (χ3n) is 3.82. The summed E-state index contributed by atoms with van der Waals surface area (Å²) in [7, 11) is 0. The lowest BCUT2D eigenvalue weighted by Crippen LogP contribution is -2.38. The normalized spacial score (nSPS) is 18.7. The first-order chi connectivity index (χ1) is 9.93. The average Bonchev–Trinajstić information content (AvgIpc) is 2.55. The van der Waals surface area contributed by atoms with Crippen molar-refractivity contribution in [1.82, 2.24) is 5.32 Å². The van der Waals surface area contributed by atoms with E-state index in [9.17, 15) is 0 Å². The summed E-state index contributed by atoms with van der Waals surface area (Å²) in [5.41, 5.74) is 2.38. The summed E-state index contributed by atoms with van der Waals surface area (Å²) in [5.74, 6) is 0.978. The number of ether oxygens (including phenoxy) is 1. The van der Waals surface area contributed by atoms with Gasteiger partial charge in [0.15, 0.2) is 0 Å². The zero-order valence-corrected chi connectivity index (χ0v) is 11.7. The van der Waals surface area contributed by atoms with Gasteiger partial charge in [0.25, 0.3) is 0 Å². The molecule has 2 aromatic carbocycles. The Kier molecular flexibility index (Phi) is 4.34. The summed E-state index contributed by atoms with van der Waals surface area (Å²) in [6.45, 7) is 1.87. The van der Waals surface area contributed by atoms with Crippen LogP contribution in [0.25, 0.3) is 11.1 Å². The number of piperidine rings is 1. The van der Waals surface area contributed by atoms with Gasteiger partial charge < -0.3 is 10.1 Å². The Morgan fingerprint density at radius 1 is 0.950 bits per heavy atom. The first-order valence-corrected chi connectivity index (χ1v) is 7.44.